The molecule has 32 heavy (non-hydrogen) atoms. The molecular formula is C23H16FN7O. The predicted molar refractivity (Wildman–Crippen MR) is 114 cm³/mol. The number of nitrogens with one attached hydrogen (secondary N) is 2. The van der Waals surface area contributed by atoms with Crippen molar-refractivity contribution >= 4 is 16.7 Å². The minimum absolute atomic E-state index is 0.0866. The van der Waals surface area contributed by atoms with Crippen LogP contribution in [0.3, 0.4) is 0 Å². The lowest BCUT2D eigenvalue weighted by molar-refractivity contribution is 0.0989. The largest absolute Gasteiger partial charge is 0.292 e. The van der Waals surface area contributed by atoms with Gasteiger partial charge in [0.1, 0.15) is 11.5 Å². The first-order valence-electron chi connectivity index (χ1n) is 9.81. The molecule has 0 atom stereocenters. The fraction of sp³-hybridized carbons (Fsp3) is 0.0870. The number of ketones is 1. The summed E-state index contributed by atoms with van der Waals surface area (Å²) >= 11 is 0. The number of halogens is 1. The van der Waals surface area contributed by atoms with Gasteiger partial charge in [0.15, 0.2) is 5.78 Å². The molecule has 3 heterocycles. The summed E-state index contributed by atoms with van der Waals surface area (Å²) in [6.45, 7) is 0.483. The number of hydrogen-bond acceptors (Lipinski definition) is 5. The average molecular weight is 425 g/mol. The number of fused-ring (bicyclic) bond motifs is 1. The van der Waals surface area contributed by atoms with Gasteiger partial charge in [-0.05, 0) is 35.4 Å². The van der Waals surface area contributed by atoms with Crippen LogP contribution in [0.2, 0.25) is 0 Å². The van der Waals surface area contributed by atoms with E-state index in [1.165, 1.54) is 12.3 Å². The molecule has 0 saturated heterocycles. The van der Waals surface area contributed by atoms with Gasteiger partial charge in [-0.25, -0.2) is 4.39 Å². The van der Waals surface area contributed by atoms with E-state index < -0.39 is 5.82 Å². The summed E-state index contributed by atoms with van der Waals surface area (Å²) in [6.07, 6.45) is 6.62. The van der Waals surface area contributed by atoms with E-state index in [1.807, 2.05) is 12.1 Å². The molecule has 5 rings (SSSR count). The van der Waals surface area contributed by atoms with E-state index >= 15 is 0 Å². The highest BCUT2D eigenvalue weighted by atomic mass is 19.1. The highest BCUT2D eigenvalue weighted by Crippen LogP contribution is 2.28. The Balaban J connectivity index is 1.35. The van der Waals surface area contributed by atoms with Gasteiger partial charge in [-0.2, -0.15) is 20.6 Å². The molecule has 0 saturated carbocycles. The van der Waals surface area contributed by atoms with E-state index in [4.69, 9.17) is 5.26 Å². The SMILES string of the molecule is N#Cc1cccc(Cn2cc(CC(=O)c3n[nH]c4cc(-c5cn[nH]c5)c(F)cc34)cn2)c1. The number of nitriles is 1. The van der Waals surface area contributed by atoms with Crippen LogP contribution >= 0.6 is 0 Å². The van der Waals surface area contributed by atoms with E-state index in [0.717, 1.165) is 11.1 Å². The quantitative estimate of drug-likeness (QED) is 0.403. The van der Waals surface area contributed by atoms with Crippen molar-refractivity contribution < 1.29 is 9.18 Å². The van der Waals surface area contributed by atoms with Crippen molar-refractivity contribution in [3.8, 4) is 17.2 Å². The van der Waals surface area contributed by atoms with Crippen molar-refractivity contribution in [2.75, 3.05) is 0 Å². The first-order valence-corrected chi connectivity index (χ1v) is 9.81. The normalized spacial score (nSPS) is 11.0. The fourth-order valence-corrected chi connectivity index (χ4v) is 3.65. The Morgan fingerprint density at radius 3 is 2.91 bits per heavy atom. The third kappa shape index (κ3) is 3.65. The zero-order chi connectivity index (χ0) is 22.1. The molecular weight excluding hydrogens is 409 g/mol. The maximum absolute atomic E-state index is 14.7. The summed E-state index contributed by atoms with van der Waals surface area (Å²) < 4.78 is 16.4. The number of aromatic nitrogens is 6. The van der Waals surface area contributed by atoms with Crippen molar-refractivity contribution in [3.05, 3.63) is 89.4 Å². The molecule has 0 bridgehead atoms. The number of H-pyrrole nitrogens is 2. The Bertz CT molecular complexity index is 1470. The molecule has 0 aliphatic carbocycles. The molecule has 0 aliphatic rings. The second-order valence-corrected chi connectivity index (χ2v) is 7.40. The van der Waals surface area contributed by atoms with Crippen molar-refractivity contribution in [2.24, 2.45) is 0 Å². The van der Waals surface area contributed by atoms with Gasteiger partial charge in [0.05, 0.1) is 36.1 Å². The fourth-order valence-electron chi connectivity index (χ4n) is 3.65. The van der Waals surface area contributed by atoms with Crippen LogP contribution in [-0.2, 0) is 13.0 Å². The van der Waals surface area contributed by atoms with Crippen LogP contribution in [0.25, 0.3) is 22.0 Å². The van der Waals surface area contributed by atoms with E-state index in [1.54, 1.807) is 41.5 Å². The Hall–Kier alpha value is -4.58. The van der Waals surface area contributed by atoms with Crippen LogP contribution in [0.4, 0.5) is 4.39 Å². The molecule has 0 aliphatic heterocycles. The van der Waals surface area contributed by atoms with Gasteiger partial charge in [-0.15, -0.1) is 0 Å². The van der Waals surface area contributed by atoms with Crippen LogP contribution in [0, 0.1) is 17.1 Å². The van der Waals surface area contributed by atoms with Crippen LogP contribution < -0.4 is 0 Å². The average Bonchev–Trinajstić information content (AvgIpc) is 3.54. The van der Waals surface area contributed by atoms with Gasteiger partial charge in [-0.3, -0.25) is 19.7 Å². The topological polar surface area (TPSA) is 116 Å². The van der Waals surface area contributed by atoms with Gasteiger partial charge in [0, 0.05) is 35.3 Å². The Kier molecular flexibility index (Phi) is 4.80. The molecule has 2 aromatic carbocycles. The highest BCUT2D eigenvalue weighted by molar-refractivity contribution is 6.07. The zero-order valence-electron chi connectivity index (χ0n) is 16.7. The van der Waals surface area contributed by atoms with Gasteiger partial charge < -0.3 is 0 Å². The number of aromatic amines is 2. The van der Waals surface area contributed by atoms with Crippen molar-refractivity contribution in [2.45, 2.75) is 13.0 Å². The summed E-state index contributed by atoms with van der Waals surface area (Å²) in [5, 5.41) is 27.2. The summed E-state index contributed by atoms with van der Waals surface area (Å²) in [6, 6.07) is 12.3. The highest BCUT2D eigenvalue weighted by Gasteiger charge is 2.18. The molecule has 0 unspecified atom stereocenters. The minimum Gasteiger partial charge on any atom is -0.292 e. The van der Waals surface area contributed by atoms with E-state index in [0.29, 0.717) is 34.1 Å². The molecule has 0 amide bonds. The molecule has 9 heteroatoms. The van der Waals surface area contributed by atoms with Gasteiger partial charge in [-0.1, -0.05) is 12.1 Å². The lowest BCUT2D eigenvalue weighted by Crippen LogP contribution is -2.04. The summed E-state index contributed by atoms with van der Waals surface area (Å²) in [5.41, 5.74) is 3.98. The minimum atomic E-state index is -0.457. The number of carbonyl (C=O) groups excluding carboxylic acids is 1. The van der Waals surface area contributed by atoms with Crippen LogP contribution in [0.5, 0.6) is 0 Å². The first-order chi connectivity index (χ1) is 15.6. The summed E-state index contributed by atoms with van der Waals surface area (Å²) in [5.74, 6) is -0.695. The number of carbonyl (C=O) groups is 1. The molecule has 3 aromatic heterocycles. The van der Waals surface area contributed by atoms with E-state index in [-0.39, 0.29) is 17.9 Å². The lowest BCUT2D eigenvalue weighted by atomic mass is 10.0. The number of hydrogen-bond donors (Lipinski definition) is 2. The molecule has 5 aromatic rings. The first kappa shape index (κ1) is 19.4. The molecule has 0 spiro atoms. The molecule has 2 N–H and O–H groups in total. The van der Waals surface area contributed by atoms with E-state index in [9.17, 15) is 9.18 Å². The van der Waals surface area contributed by atoms with Crippen molar-refractivity contribution in [1.82, 2.24) is 30.2 Å². The van der Waals surface area contributed by atoms with Crippen LogP contribution in [0.1, 0.15) is 27.2 Å². The van der Waals surface area contributed by atoms with Crippen LogP contribution in [0.15, 0.2) is 61.2 Å². The Labute approximate surface area is 181 Å². The zero-order valence-corrected chi connectivity index (χ0v) is 16.7. The second kappa shape index (κ2) is 7.92. The van der Waals surface area contributed by atoms with Gasteiger partial charge >= 0.3 is 0 Å². The van der Waals surface area contributed by atoms with Gasteiger partial charge in [0.2, 0.25) is 0 Å². The molecule has 0 radical (unpaired) electrons. The second-order valence-electron chi connectivity index (χ2n) is 7.40. The van der Waals surface area contributed by atoms with Crippen LogP contribution in [-0.4, -0.2) is 36.0 Å². The summed E-state index contributed by atoms with van der Waals surface area (Å²) in [7, 11) is 0. The monoisotopic (exact) mass is 425 g/mol. The molecule has 8 nitrogen and oxygen atoms in total. The van der Waals surface area contributed by atoms with Crippen molar-refractivity contribution in [3.63, 3.8) is 0 Å². The third-order valence-corrected chi connectivity index (χ3v) is 5.18. The molecule has 156 valence electrons. The van der Waals surface area contributed by atoms with E-state index in [2.05, 4.69) is 31.6 Å². The maximum atomic E-state index is 14.7. The Morgan fingerprint density at radius 1 is 1.19 bits per heavy atom. The lowest BCUT2D eigenvalue weighted by Gasteiger charge is -2.02. The predicted octanol–water partition coefficient (Wildman–Crippen LogP) is 3.63. The van der Waals surface area contributed by atoms with Gasteiger partial charge in [0.25, 0.3) is 0 Å². The third-order valence-electron chi connectivity index (χ3n) is 5.18. The molecule has 0 fully saturated rings. The maximum Gasteiger partial charge on any atom is 0.188 e. The van der Waals surface area contributed by atoms with Crippen molar-refractivity contribution in [1.29, 1.82) is 5.26 Å². The number of rotatable bonds is 6. The smallest absolute Gasteiger partial charge is 0.188 e. The number of nitrogens with zero attached hydrogens (tertiary/aromatic N) is 5. The summed E-state index contributed by atoms with van der Waals surface area (Å²) in [4.78, 5) is 12.9. The number of benzene rings is 2. The number of Topliss-reactive ketones (excluding diaryl/α,β-unsaturated/α-hetero) is 1. The Morgan fingerprint density at radius 2 is 2.09 bits per heavy atom. The standard InChI is InChI=1S/C23H16FN7O/c24-20-6-19-21(7-18(20)17-10-26-27-11-17)29-30-23(19)22(32)5-16-9-28-31(13-16)12-15-3-1-2-14(4-15)8-25/h1-4,6-7,9-11,13H,5,12H2,(H,26,27)(H,29,30).